The van der Waals surface area contributed by atoms with Crippen molar-refractivity contribution >= 4 is 23.4 Å². The van der Waals surface area contributed by atoms with Crippen LogP contribution in [0.3, 0.4) is 0 Å². The van der Waals surface area contributed by atoms with Crippen LogP contribution in [0.4, 0.5) is 5.69 Å². The highest BCUT2D eigenvalue weighted by Crippen LogP contribution is 2.41. The van der Waals surface area contributed by atoms with Gasteiger partial charge in [-0.2, -0.15) is 0 Å². The number of hydrogen-bond acceptors (Lipinski definition) is 3. The summed E-state index contributed by atoms with van der Waals surface area (Å²) in [6, 6.07) is 16.5. The summed E-state index contributed by atoms with van der Waals surface area (Å²) in [4.78, 5) is 17.2. The molecule has 0 saturated carbocycles. The lowest BCUT2D eigenvalue weighted by Gasteiger charge is -2.26. The Balaban J connectivity index is 1.79. The second-order valence-corrected chi connectivity index (χ2v) is 6.86. The van der Waals surface area contributed by atoms with E-state index >= 15 is 0 Å². The highest BCUT2D eigenvalue weighted by Gasteiger charge is 2.29. The molecule has 2 aliphatic heterocycles. The summed E-state index contributed by atoms with van der Waals surface area (Å²) in [6.45, 7) is 1.80. The Kier molecular flexibility index (Phi) is 3.64. The first-order valence-electron chi connectivity index (χ1n) is 7.74. The van der Waals surface area contributed by atoms with Crippen LogP contribution in [0.5, 0.6) is 0 Å². The van der Waals surface area contributed by atoms with Crippen LogP contribution in [-0.2, 0) is 0 Å². The molecule has 0 aromatic heterocycles. The van der Waals surface area contributed by atoms with Crippen molar-refractivity contribution in [3.63, 3.8) is 0 Å². The molecule has 0 aliphatic carbocycles. The molecule has 1 amide bonds. The molecule has 0 spiro atoms. The Labute approximate surface area is 134 Å². The molecule has 1 saturated heterocycles. The zero-order chi connectivity index (χ0) is 14.9. The number of para-hydroxylation sites is 1. The van der Waals surface area contributed by atoms with E-state index < -0.39 is 0 Å². The number of carbonyl (C=O) groups is 1. The van der Waals surface area contributed by atoms with Gasteiger partial charge < -0.3 is 10.2 Å². The van der Waals surface area contributed by atoms with Gasteiger partial charge in [-0.05, 0) is 43.7 Å². The predicted molar refractivity (Wildman–Crippen MR) is 89.7 cm³/mol. The van der Waals surface area contributed by atoms with Gasteiger partial charge in [0.05, 0.1) is 11.3 Å². The Morgan fingerprint density at radius 1 is 1.09 bits per heavy atom. The molecule has 0 bridgehead atoms. The average molecular weight is 310 g/mol. The number of fused-ring (bicyclic) bond motifs is 2. The molecule has 2 aromatic carbocycles. The molecular formula is C18H18N2OS. The van der Waals surface area contributed by atoms with Crippen molar-refractivity contribution < 1.29 is 4.79 Å². The van der Waals surface area contributed by atoms with Gasteiger partial charge in [-0.15, -0.1) is 0 Å². The average Bonchev–Trinajstić information content (AvgIpc) is 3.03. The molecule has 4 heteroatoms. The second-order valence-electron chi connectivity index (χ2n) is 5.77. The van der Waals surface area contributed by atoms with Crippen molar-refractivity contribution in [1.29, 1.82) is 0 Å². The van der Waals surface area contributed by atoms with Crippen LogP contribution in [-0.4, -0.2) is 25.0 Å². The number of amides is 1. The molecule has 3 nitrogen and oxygen atoms in total. The number of hydrogen-bond donors (Lipinski definition) is 1. The van der Waals surface area contributed by atoms with Crippen LogP contribution in [0, 0.1) is 0 Å². The SMILES string of the molecule is O=C1c2ccccc2Sc2ccccc2N1CC1CCCN1. The summed E-state index contributed by atoms with van der Waals surface area (Å²) in [5, 5.41) is 3.50. The minimum absolute atomic E-state index is 0.113. The van der Waals surface area contributed by atoms with E-state index in [1.54, 1.807) is 11.8 Å². The largest absolute Gasteiger partial charge is 0.312 e. The summed E-state index contributed by atoms with van der Waals surface area (Å²) in [5.41, 5.74) is 1.84. The number of carbonyl (C=O) groups excluding carboxylic acids is 1. The number of anilines is 1. The van der Waals surface area contributed by atoms with Crippen molar-refractivity contribution in [2.24, 2.45) is 0 Å². The third kappa shape index (κ3) is 2.42. The van der Waals surface area contributed by atoms with Crippen LogP contribution in [0.25, 0.3) is 0 Å². The van der Waals surface area contributed by atoms with E-state index in [4.69, 9.17) is 0 Å². The molecule has 2 aliphatic rings. The third-order valence-electron chi connectivity index (χ3n) is 4.30. The molecule has 0 radical (unpaired) electrons. The van der Waals surface area contributed by atoms with Crippen LogP contribution in [0.2, 0.25) is 0 Å². The topological polar surface area (TPSA) is 32.3 Å². The number of nitrogens with zero attached hydrogens (tertiary/aromatic N) is 1. The van der Waals surface area contributed by atoms with E-state index in [0.29, 0.717) is 6.04 Å². The minimum Gasteiger partial charge on any atom is -0.312 e. The van der Waals surface area contributed by atoms with Crippen LogP contribution >= 0.6 is 11.8 Å². The molecule has 1 N–H and O–H groups in total. The summed E-state index contributed by atoms with van der Waals surface area (Å²) in [7, 11) is 0. The van der Waals surface area contributed by atoms with E-state index in [2.05, 4.69) is 17.4 Å². The highest BCUT2D eigenvalue weighted by atomic mass is 32.2. The first-order chi connectivity index (χ1) is 10.8. The lowest BCUT2D eigenvalue weighted by molar-refractivity contribution is 0.0982. The highest BCUT2D eigenvalue weighted by molar-refractivity contribution is 7.99. The lowest BCUT2D eigenvalue weighted by Crippen LogP contribution is -2.41. The summed E-state index contributed by atoms with van der Waals surface area (Å²) in [5.74, 6) is 0.113. The Hall–Kier alpha value is -1.78. The van der Waals surface area contributed by atoms with E-state index in [-0.39, 0.29) is 5.91 Å². The first kappa shape index (κ1) is 13.9. The fourth-order valence-electron chi connectivity index (χ4n) is 3.19. The van der Waals surface area contributed by atoms with Crippen molar-refractivity contribution in [3.8, 4) is 0 Å². The zero-order valence-electron chi connectivity index (χ0n) is 12.3. The molecule has 1 unspecified atom stereocenters. The maximum atomic E-state index is 13.1. The Morgan fingerprint density at radius 3 is 2.68 bits per heavy atom. The van der Waals surface area contributed by atoms with Crippen LogP contribution in [0.15, 0.2) is 58.3 Å². The maximum Gasteiger partial charge on any atom is 0.259 e. The van der Waals surface area contributed by atoms with Gasteiger partial charge in [-0.1, -0.05) is 36.0 Å². The van der Waals surface area contributed by atoms with Crippen molar-refractivity contribution in [2.45, 2.75) is 28.7 Å². The summed E-state index contributed by atoms with van der Waals surface area (Å²) >= 11 is 1.69. The van der Waals surface area contributed by atoms with Crippen molar-refractivity contribution in [3.05, 3.63) is 54.1 Å². The summed E-state index contributed by atoms with van der Waals surface area (Å²) in [6.07, 6.45) is 2.33. The molecular weight excluding hydrogens is 292 g/mol. The number of nitrogens with one attached hydrogen (secondary N) is 1. The van der Waals surface area contributed by atoms with E-state index in [1.807, 2.05) is 41.3 Å². The van der Waals surface area contributed by atoms with Crippen LogP contribution in [0.1, 0.15) is 23.2 Å². The molecule has 22 heavy (non-hydrogen) atoms. The smallest absolute Gasteiger partial charge is 0.259 e. The monoisotopic (exact) mass is 310 g/mol. The molecule has 2 heterocycles. The van der Waals surface area contributed by atoms with Gasteiger partial charge in [0, 0.05) is 22.4 Å². The van der Waals surface area contributed by atoms with Gasteiger partial charge in [0.1, 0.15) is 0 Å². The minimum atomic E-state index is 0.113. The quantitative estimate of drug-likeness (QED) is 0.920. The maximum absolute atomic E-state index is 13.1. The van der Waals surface area contributed by atoms with Crippen LogP contribution < -0.4 is 10.2 Å². The van der Waals surface area contributed by atoms with Gasteiger partial charge in [-0.3, -0.25) is 4.79 Å². The van der Waals surface area contributed by atoms with E-state index in [9.17, 15) is 4.79 Å². The second kappa shape index (κ2) is 5.78. The van der Waals surface area contributed by atoms with Gasteiger partial charge >= 0.3 is 0 Å². The van der Waals surface area contributed by atoms with E-state index in [1.165, 1.54) is 6.42 Å². The predicted octanol–water partition coefficient (Wildman–Crippen LogP) is 3.55. The zero-order valence-corrected chi connectivity index (χ0v) is 13.1. The number of rotatable bonds is 2. The fraction of sp³-hybridized carbons (Fsp3) is 0.278. The van der Waals surface area contributed by atoms with Gasteiger partial charge in [0.2, 0.25) is 0 Å². The standard InChI is InChI=1S/C18H18N2OS/c21-18-14-7-1-3-9-16(14)22-17-10-4-2-8-15(17)20(18)12-13-6-5-11-19-13/h1-4,7-10,13,19H,5-6,11-12H2. The molecule has 4 rings (SSSR count). The fourth-order valence-corrected chi connectivity index (χ4v) is 4.26. The Morgan fingerprint density at radius 2 is 1.86 bits per heavy atom. The summed E-state index contributed by atoms with van der Waals surface area (Å²) < 4.78 is 0. The molecule has 2 aromatic rings. The van der Waals surface area contributed by atoms with Gasteiger partial charge in [-0.25, -0.2) is 0 Å². The lowest BCUT2D eigenvalue weighted by atomic mass is 10.1. The van der Waals surface area contributed by atoms with Gasteiger partial charge in [0.25, 0.3) is 5.91 Å². The normalized spacial score (nSPS) is 20.5. The number of benzene rings is 2. The first-order valence-corrected chi connectivity index (χ1v) is 8.56. The van der Waals surface area contributed by atoms with Crippen molar-refractivity contribution in [1.82, 2.24) is 5.32 Å². The van der Waals surface area contributed by atoms with Crippen molar-refractivity contribution in [2.75, 3.05) is 18.0 Å². The van der Waals surface area contributed by atoms with E-state index in [0.717, 1.165) is 40.6 Å². The molecule has 1 atom stereocenters. The third-order valence-corrected chi connectivity index (χ3v) is 5.44. The van der Waals surface area contributed by atoms with Gasteiger partial charge in [0.15, 0.2) is 0 Å². The Bertz CT molecular complexity index is 710. The molecule has 112 valence electrons. The molecule has 1 fully saturated rings.